The number of aliphatic hydroxyl groups excluding tert-OH is 1. The Kier molecular flexibility index (Phi) is 2.94. The summed E-state index contributed by atoms with van der Waals surface area (Å²) in [5, 5.41) is 10.1. The van der Waals surface area contributed by atoms with Gasteiger partial charge in [0.15, 0.2) is 0 Å². The summed E-state index contributed by atoms with van der Waals surface area (Å²) in [5.41, 5.74) is 2.56. The van der Waals surface area contributed by atoms with Crippen molar-refractivity contribution in [1.82, 2.24) is 0 Å². The minimum absolute atomic E-state index is 0.0567. The maximum absolute atomic E-state index is 10.1. The maximum atomic E-state index is 10.1. The summed E-state index contributed by atoms with van der Waals surface area (Å²) in [7, 11) is 0. The van der Waals surface area contributed by atoms with E-state index in [1.807, 2.05) is 0 Å². The van der Waals surface area contributed by atoms with Gasteiger partial charge in [-0.05, 0) is 30.9 Å². The molecule has 88 valence electrons. The molecule has 2 heteroatoms. The number of piperidine rings is 1. The molecule has 1 aliphatic heterocycles. The molecular weight excluding hydrogens is 198 g/mol. The number of nitrogens with zero attached hydrogens (tertiary/aromatic N) is 1. The van der Waals surface area contributed by atoms with Gasteiger partial charge in [-0.3, -0.25) is 0 Å². The second-order valence-electron chi connectivity index (χ2n) is 5.54. The van der Waals surface area contributed by atoms with Gasteiger partial charge in [-0.25, -0.2) is 0 Å². The molecule has 0 amide bonds. The molecule has 2 rings (SSSR count). The zero-order chi connectivity index (χ0) is 11.8. The highest BCUT2D eigenvalue weighted by Crippen LogP contribution is 2.32. The lowest BCUT2D eigenvalue weighted by Gasteiger charge is -2.42. The quantitative estimate of drug-likeness (QED) is 0.784. The van der Waals surface area contributed by atoms with E-state index in [4.69, 9.17) is 0 Å². The molecule has 0 radical (unpaired) electrons. The topological polar surface area (TPSA) is 23.5 Å². The molecule has 0 spiro atoms. The Morgan fingerprint density at radius 3 is 2.44 bits per heavy atom. The number of aliphatic hydroxyl groups is 1. The molecule has 1 atom stereocenters. The van der Waals surface area contributed by atoms with Crippen LogP contribution >= 0.6 is 0 Å². The fraction of sp³-hybridized carbons (Fsp3) is 0.571. The highest BCUT2D eigenvalue weighted by Gasteiger charge is 2.34. The van der Waals surface area contributed by atoms with Gasteiger partial charge in [0.05, 0.1) is 6.10 Å². The fourth-order valence-corrected chi connectivity index (χ4v) is 2.13. The van der Waals surface area contributed by atoms with E-state index in [1.54, 1.807) is 0 Å². The number of benzene rings is 1. The largest absolute Gasteiger partial charge is 0.391 e. The molecule has 2 nitrogen and oxygen atoms in total. The van der Waals surface area contributed by atoms with Crippen LogP contribution in [0.15, 0.2) is 24.3 Å². The lowest BCUT2D eigenvalue weighted by molar-refractivity contribution is 0.0351. The van der Waals surface area contributed by atoms with E-state index >= 15 is 0 Å². The predicted molar refractivity (Wildman–Crippen MR) is 67.8 cm³/mol. The molecule has 0 aliphatic carbocycles. The first-order valence-electron chi connectivity index (χ1n) is 5.99. The van der Waals surface area contributed by atoms with Crippen molar-refractivity contribution in [3.63, 3.8) is 0 Å². The van der Waals surface area contributed by atoms with Gasteiger partial charge in [0.25, 0.3) is 0 Å². The molecule has 1 heterocycles. The van der Waals surface area contributed by atoms with Crippen molar-refractivity contribution in [2.24, 2.45) is 5.41 Å². The van der Waals surface area contributed by atoms with E-state index < -0.39 is 0 Å². The average Bonchev–Trinajstić information content (AvgIpc) is 2.24. The van der Waals surface area contributed by atoms with E-state index in [9.17, 15) is 5.11 Å². The lowest BCUT2D eigenvalue weighted by atomic mass is 9.80. The maximum Gasteiger partial charge on any atom is 0.0766 e. The van der Waals surface area contributed by atoms with Gasteiger partial charge < -0.3 is 10.0 Å². The zero-order valence-electron chi connectivity index (χ0n) is 10.4. The van der Waals surface area contributed by atoms with Crippen LogP contribution in [0.1, 0.15) is 25.8 Å². The van der Waals surface area contributed by atoms with Crippen molar-refractivity contribution in [1.29, 1.82) is 0 Å². The average molecular weight is 219 g/mol. The number of hydrogen-bond donors (Lipinski definition) is 1. The Morgan fingerprint density at radius 2 is 1.88 bits per heavy atom. The molecule has 1 aliphatic rings. The van der Waals surface area contributed by atoms with Gasteiger partial charge in [0.2, 0.25) is 0 Å². The normalized spacial score (nSPS) is 24.5. The zero-order valence-corrected chi connectivity index (χ0v) is 10.4. The summed E-state index contributed by atoms with van der Waals surface area (Å²) < 4.78 is 0. The molecule has 1 fully saturated rings. The number of rotatable bonds is 1. The van der Waals surface area contributed by atoms with Crippen molar-refractivity contribution >= 4 is 5.69 Å². The Labute approximate surface area is 97.9 Å². The van der Waals surface area contributed by atoms with Gasteiger partial charge in [-0.1, -0.05) is 31.5 Å². The van der Waals surface area contributed by atoms with Gasteiger partial charge in [-0.2, -0.15) is 0 Å². The highest BCUT2D eigenvalue weighted by molar-refractivity contribution is 5.48. The molecule has 1 aromatic carbocycles. The van der Waals surface area contributed by atoms with Crippen LogP contribution in [-0.2, 0) is 0 Å². The summed E-state index contributed by atoms with van der Waals surface area (Å²) in [4.78, 5) is 2.27. The van der Waals surface area contributed by atoms with E-state index in [1.165, 1.54) is 11.3 Å². The lowest BCUT2D eigenvalue weighted by Crippen LogP contribution is -2.48. The summed E-state index contributed by atoms with van der Waals surface area (Å²) >= 11 is 0. The summed E-state index contributed by atoms with van der Waals surface area (Å²) in [6.07, 6.45) is 0.810. The first kappa shape index (κ1) is 11.5. The monoisotopic (exact) mass is 219 g/mol. The Hall–Kier alpha value is -1.02. The molecule has 1 aromatic rings. The minimum Gasteiger partial charge on any atom is -0.391 e. The van der Waals surface area contributed by atoms with Gasteiger partial charge in [0.1, 0.15) is 0 Å². The molecule has 0 bridgehead atoms. The fourth-order valence-electron chi connectivity index (χ4n) is 2.13. The van der Waals surface area contributed by atoms with Gasteiger partial charge in [0, 0.05) is 18.8 Å². The van der Waals surface area contributed by atoms with Crippen molar-refractivity contribution in [3.05, 3.63) is 29.8 Å². The van der Waals surface area contributed by atoms with Gasteiger partial charge in [-0.15, -0.1) is 0 Å². The second kappa shape index (κ2) is 4.10. The minimum atomic E-state index is -0.234. The Balaban J connectivity index is 2.10. The van der Waals surface area contributed by atoms with Crippen LogP contribution in [0.3, 0.4) is 0 Å². The first-order chi connectivity index (χ1) is 7.49. The van der Waals surface area contributed by atoms with Crippen molar-refractivity contribution in [2.75, 3.05) is 18.0 Å². The molecule has 1 N–H and O–H groups in total. The third-order valence-corrected chi connectivity index (χ3v) is 3.72. The number of aryl methyl sites for hydroxylation is 1. The number of anilines is 1. The summed E-state index contributed by atoms with van der Waals surface area (Å²) in [6.45, 7) is 8.16. The van der Waals surface area contributed by atoms with Crippen molar-refractivity contribution in [3.8, 4) is 0 Å². The van der Waals surface area contributed by atoms with E-state index in [2.05, 4.69) is 49.9 Å². The standard InChI is InChI=1S/C14H21NO/c1-11-4-6-12(7-5-11)15-9-8-14(2,3)13(16)10-15/h4-7,13,16H,8-10H2,1-3H3. The highest BCUT2D eigenvalue weighted by atomic mass is 16.3. The summed E-state index contributed by atoms with van der Waals surface area (Å²) in [6, 6.07) is 8.53. The Morgan fingerprint density at radius 1 is 1.25 bits per heavy atom. The van der Waals surface area contributed by atoms with Crippen LogP contribution < -0.4 is 4.90 Å². The molecular formula is C14H21NO. The molecule has 16 heavy (non-hydrogen) atoms. The van der Waals surface area contributed by atoms with E-state index in [-0.39, 0.29) is 11.5 Å². The van der Waals surface area contributed by atoms with E-state index in [0.717, 1.165) is 19.5 Å². The smallest absolute Gasteiger partial charge is 0.0766 e. The molecule has 1 unspecified atom stereocenters. The Bertz CT molecular complexity index is 356. The van der Waals surface area contributed by atoms with Crippen molar-refractivity contribution in [2.45, 2.75) is 33.3 Å². The van der Waals surface area contributed by atoms with Crippen LogP contribution in [-0.4, -0.2) is 24.3 Å². The van der Waals surface area contributed by atoms with Crippen molar-refractivity contribution < 1.29 is 5.11 Å². The van der Waals surface area contributed by atoms with Gasteiger partial charge >= 0.3 is 0 Å². The first-order valence-corrected chi connectivity index (χ1v) is 5.99. The molecule has 0 aromatic heterocycles. The van der Waals surface area contributed by atoms with Crippen LogP contribution in [0, 0.1) is 12.3 Å². The van der Waals surface area contributed by atoms with Crippen LogP contribution in [0.2, 0.25) is 0 Å². The third-order valence-electron chi connectivity index (χ3n) is 3.72. The van der Waals surface area contributed by atoms with Crippen LogP contribution in [0.25, 0.3) is 0 Å². The molecule has 1 saturated heterocycles. The predicted octanol–water partition coefficient (Wildman–Crippen LogP) is 2.59. The third kappa shape index (κ3) is 2.22. The van der Waals surface area contributed by atoms with E-state index in [0.29, 0.717) is 0 Å². The van der Waals surface area contributed by atoms with Crippen LogP contribution in [0.4, 0.5) is 5.69 Å². The molecule has 0 saturated carbocycles. The number of β-amino-alcohol motifs (C(OH)–C–C–N with tert-alkyl or cyclic N) is 1. The SMILES string of the molecule is Cc1ccc(N2CCC(C)(C)C(O)C2)cc1. The summed E-state index contributed by atoms with van der Waals surface area (Å²) in [5.74, 6) is 0. The number of hydrogen-bond acceptors (Lipinski definition) is 2. The van der Waals surface area contributed by atoms with Crippen LogP contribution in [0.5, 0.6) is 0 Å². The second-order valence-corrected chi connectivity index (χ2v) is 5.54.